The van der Waals surface area contributed by atoms with Crippen molar-refractivity contribution in [2.75, 3.05) is 19.9 Å². The van der Waals surface area contributed by atoms with E-state index in [1.165, 1.54) is 6.26 Å². The van der Waals surface area contributed by atoms with Crippen molar-refractivity contribution in [1.29, 1.82) is 0 Å². The zero-order valence-electron chi connectivity index (χ0n) is 11.2. The fourth-order valence-corrected chi connectivity index (χ4v) is 2.96. The van der Waals surface area contributed by atoms with Crippen LogP contribution in [0.5, 0.6) is 0 Å². The second-order valence-electron chi connectivity index (χ2n) is 4.73. The van der Waals surface area contributed by atoms with E-state index in [-0.39, 0.29) is 6.04 Å². The first kappa shape index (κ1) is 14.1. The standard InChI is InChI=1S/C14H19NO3S/c1-15-14(12-6-4-8-18-10-12)11-5-3-7-13(9-11)19(2,16)17/h3,5,7,9-10,14-15H,4,6,8H2,1-2H3. The average Bonchev–Trinajstić information content (AvgIpc) is 2.40. The molecule has 1 atom stereocenters. The van der Waals surface area contributed by atoms with Crippen molar-refractivity contribution in [3.05, 3.63) is 41.7 Å². The molecule has 0 spiro atoms. The summed E-state index contributed by atoms with van der Waals surface area (Å²) in [6.45, 7) is 0.753. The molecule has 0 amide bonds. The third-order valence-electron chi connectivity index (χ3n) is 3.24. The first-order valence-electron chi connectivity index (χ1n) is 6.30. The number of rotatable bonds is 4. The van der Waals surface area contributed by atoms with Crippen LogP contribution in [0.4, 0.5) is 0 Å². The van der Waals surface area contributed by atoms with Gasteiger partial charge in [0.05, 0.1) is 23.8 Å². The highest BCUT2D eigenvalue weighted by Crippen LogP contribution is 2.28. The van der Waals surface area contributed by atoms with Gasteiger partial charge < -0.3 is 10.1 Å². The van der Waals surface area contributed by atoms with Gasteiger partial charge in [-0.15, -0.1) is 0 Å². The number of likely N-dealkylation sites (N-methyl/N-ethyl adjacent to an activating group) is 1. The van der Waals surface area contributed by atoms with Crippen molar-refractivity contribution in [1.82, 2.24) is 5.32 Å². The monoisotopic (exact) mass is 281 g/mol. The largest absolute Gasteiger partial charge is 0.501 e. The van der Waals surface area contributed by atoms with Crippen molar-refractivity contribution in [2.45, 2.75) is 23.8 Å². The maximum Gasteiger partial charge on any atom is 0.175 e. The van der Waals surface area contributed by atoms with E-state index in [0.717, 1.165) is 30.6 Å². The Labute approximate surface area is 114 Å². The minimum absolute atomic E-state index is 0.00185. The fourth-order valence-electron chi connectivity index (χ4n) is 2.29. The van der Waals surface area contributed by atoms with Gasteiger partial charge in [0.15, 0.2) is 9.84 Å². The van der Waals surface area contributed by atoms with E-state index < -0.39 is 9.84 Å². The van der Waals surface area contributed by atoms with Crippen LogP contribution < -0.4 is 5.32 Å². The van der Waals surface area contributed by atoms with Gasteiger partial charge >= 0.3 is 0 Å². The lowest BCUT2D eigenvalue weighted by Crippen LogP contribution is -2.21. The molecule has 1 unspecified atom stereocenters. The second kappa shape index (κ2) is 5.75. The summed E-state index contributed by atoms with van der Waals surface area (Å²) < 4.78 is 28.6. The minimum atomic E-state index is -3.18. The summed E-state index contributed by atoms with van der Waals surface area (Å²) in [5, 5.41) is 3.22. The average molecular weight is 281 g/mol. The number of hydrogen-bond acceptors (Lipinski definition) is 4. The van der Waals surface area contributed by atoms with Gasteiger partial charge in [-0.3, -0.25) is 0 Å². The summed E-state index contributed by atoms with van der Waals surface area (Å²) >= 11 is 0. The van der Waals surface area contributed by atoms with Crippen molar-refractivity contribution >= 4 is 9.84 Å². The highest BCUT2D eigenvalue weighted by molar-refractivity contribution is 7.90. The molecule has 1 aliphatic heterocycles. The van der Waals surface area contributed by atoms with Crippen LogP contribution in [0, 0.1) is 0 Å². The van der Waals surface area contributed by atoms with Crippen molar-refractivity contribution < 1.29 is 13.2 Å². The smallest absolute Gasteiger partial charge is 0.175 e. The van der Waals surface area contributed by atoms with Crippen LogP contribution in [0.15, 0.2) is 41.0 Å². The molecule has 0 bridgehead atoms. The number of sulfone groups is 1. The number of hydrogen-bond donors (Lipinski definition) is 1. The van der Waals surface area contributed by atoms with Crippen molar-refractivity contribution in [3.63, 3.8) is 0 Å². The van der Waals surface area contributed by atoms with E-state index >= 15 is 0 Å². The topological polar surface area (TPSA) is 55.4 Å². The Morgan fingerprint density at radius 3 is 2.74 bits per heavy atom. The Morgan fingerprint density at radius 1 is 1.37 bits per heavy atom. The first-order valence-corrected chi connectivity index (χ1v) is 8.19. The van der Waals surface area contributed by atoms with Crippen LogP contribution in [-0.4, -0.2) is 28.3 Å². The summed E-state index contributed by atoms with van der Waals surface area (Å²) in [6, 6.07) is 7.07. The third-order valence-corrected chi connectivity index (χ3v) is 4.35. The minimum Gasteiger partial charge on any atom is -0.501 e. The molecule has 0 radical (unpaired) electrons. The van der Waals surface area contributed by atoms with Crippen molar-refractivity contribution in [2.24, 2.45) is 0 Å². The molecule has 5 heteroatoms. The SMILES string of the molecule is CNC(C1=COCCC1)c1cccc(S(C)(=O)=O)c1. The van der Waals surface area contributed by atoms with E-state index in [2.05, 4.69) is 5.32 Å². The molecule has 1 N–H and O–H groups in total. The van der Waals surface area contributed by atoms with Crippen LogP contribution in [0.2, 0.25) is 0 Å². The molecular formula is C14H19NO3S. The predicted molar refractivity (Wildman–Crippen MR) is 74.6 cm³/mol. The molecular weight excluding hydrogens is 262 g/mol. The molecule has 0 fully saturated rings. The van der Waals surface area contributed by atoms with Gasteiger partial charge in [-0.1, -0.05) is 12.1 Å². The van der Waals surface area contributed by atoms with E-state index in [0.29, 0.717) is 4.90 Å². The highest BCUT2D eigenvalue weighted by atomic mass is 32.2. The summed E-state index contributed by atoms with van der Waals surface area (Å²) in [6.07, 6.45) is 4.98. The Balaban J connectivity index is 2.36. The lowest BCUT2D eigenvalue weighted by atomic mass is 9.95. The van der Waals surface area contributed by atoms with Crippen LogP contribution in [0.25, 0.3) is 0 Å². The Bertz CT molecular complexity index is 578. The summed E-state index contributed by atoms with van der Waals surface area (Å²) in [5.41, 5.74) is 2.10. The lowest BCUT2D eigenvalue weighted by molar-refractivity contribution is 0.220. The van der Waals surface area contributed by atoms with Crippen LogP contribution in [0.3, 0.4) is 0 Å². The molecule has 104 valence electrons. The van der Waals surface area contributed by atoms with Gasteiger partial charge in [0.2, 0.25) is 0 Å². The normalized spacial score (nSPS) is 17.5. The van der Waals surface area contributed by atoms with Crippen molar-refractivity contribution in [3.8, 4) is 0 Å². The second-order valence-corrected chi connectivity index (χ2v) is 6.75. The number of benzene rings is 1. The number of ether oxygens (including phenoxy) is 1. The Morgan fingerprint density at radius 2 is 2.16 bits per heavy atom. The molecule has 19 heavy (non-hydrogen) atoms. The zero-order valence-corrected chi connectivity index (χ0v) is 12.0. The zero-order chi connectivity index (χ0) is 13.9. The molecule has 1 aromatic carbocycles. The maximum atomic E-state index is 11.6. The first-order chi connectivity index (χ1) is 9.02. The van der Waals surface area contributed by atoms with Gasteiger partial charge in [0.25, 0.3) is 0 Å². The summed E-state index contributed by atoms with van der Waals surface area (Å²) in [4.78, 5) is 0.350. The molecule has 0 aliphatic carbocycles. The van der Waals surface area contributed by atoms with Gasteiger partial charge in [0.1, 0.15) is 0 Å². The molecule has 0 saturated carbocycles. The van der Waals surface area contributed by atoms with E-state index in [4.69, 9.17) is 4.74 Å². The van der Waals surface area contributed by atoms with Gasteiger partial charge in [-0.2, -0.15) is 0 Å². The highest BCUT2D eigenvalue weighted by Gasteiger charge is 2.19. The van der Waals surface area contributed by atoms with Gasteiger partial charge in [-0.05, 0) is 43.2 Å². The van der Waals surface area contributed by atoms with Crippen LogP contribution >= 0.6 is 0 Å². The van der Waals surface area contributed by atoms with Gasteiger partial charge in [-0.25, -0.2) is 8.42 Å². The third kappa shape index (κ3) is 3.36. The quantitative estimate of drug-likeness (QED) is 0.917. The predicted octanol–water partition coefficient (Wildman–Crippen LogP) is 2.04. The summed E-state index contributed by atoms with van der Waals surface area (Å²) in [5.74, 6) is 0. The molecule has 2 rings (SSSR count). The van der Waals surface area contributed by atoms with Crippen LogP contribution in [0.1, 0.15) is 24.4 Å². The Kier molecular flexibility index (Phi) is 4.27. The lowest BCUT2D eigenvalue weighted by Gasteiger charge is -2.23. The van der Waals surface area contributed by atoms with E-state index in [1.54, 1.807) is 24.5 Å². The summed E-state index contributed by atoms with van der Waals surface area (Å²) in [7, 11) is -1.31. The molecule has 1 heterocycles. The molecule has 0 saturated heterocycles. The van der Waals surface area contributed by atoms with Gasteiger partial charge in [0, 0.05) is 6.26 Å². The number of nitrogens with one attached hydrogen (secondary N) is 1. The van der Waals surface area contributed by atoms with E-state index in [1.807, 2.05) is 13.1 Å². The molecule has 1 aromatic rings. The van der Waals surface area contributed by atoms with E-state index in [9.17, 15) is 8.42 Å². The maximum absolute atomic E-state index is 11.6. The molecule has 0 aromatic heterocycles. The fraction of sp³-hybridized carbons (Fsp3) is 0.429. The Hall–Kier alpha value is -1.33. The molecule has 4 nitrogen and oxygen atoms in total. The molecule has 1 aliphatic rings. The van der Waals surface area contributed by atoms with Crippen LogP contribution in [-0.2, 0) is 14.6 Å².